The zero-order valence-electron chi connectivity index (χ0n) is 12.1. The van der Waals surface area contributed by atoms with Gasteiger partial charge >= 0.3 is 0 Å². The molecule has 0 aliphatic heterocycles. The number of hydrogen-bond acceptors (Lipinski definition) is 5. The number of rotatable bonds is 9. The molecule has 114 valence electrons. The largest absolute Gasteiger partial charge is 0.497 e. The summed E-state index contributed by atoms with van der Waals surface area (Å²) in [6.45, 7) is 4.04. The molecule has 1 rings (SSSR count). The van der Waals surface area contributed by atoms with Crippen molar-refractivity contribution in [3.05, 3.63) is 18.2 Å². The molecule has 6 nitrogen and oxygen atoms in total. The van der Waals surface area contributed by atoms with Crippen LogP contribution in [0.3, 0.4) is 0 Å². The fraction of sp³-hybridized carbons (Fsp3) is 0.538. The second-order valence-electron chi connectivity index (χ2n) is 4.12. The molecule has 0 fully saturated rings. The molecule has 0 radical (unpaired) electrons. The summed E-state index contributed by atoms with van der Waals surface area (Å²) in [4.78, 5) is 0.115. The van der Waals surface area contributed by atoms with Gasteiger partial charge < -0.3 is 14.8 Å². The summed E-state index contributed by atoms with van der Waals surface area (Å²) in [5, 5.41) is 3.14. The molecule has 20 heavy (non-hydrogen) atoms. The molecule has 0 saturated heterocycles. The smallest absolute Gasteiger partial charge is 0.244 e. The van der Waals surface area contributed by atoms with E-state index in [2.05, 4.69) is 10.0 Å². The van der Waals surface area contributed by atoms with Crippen LogP contribution in [0, 0.1) is 0 Å². The lowest BCUT2D eigenvalue weighted by Crippen LogP contribution is -2.27. The summed E-state index contributed by atoms with van der Waals surface area (Å²) in [5.41, 5.74) is 0. The molecule has 0 saturated carbocycles. The second kappa shape index (κ2) is 8.08. The van der Waals surface area contributed by atoms with E-state index in [-0.39, 0.29) is 10.6 Å². The van der Waals surface area contributed by atoms with E-state index in [1.165, 1.54) is 20.3 Å². The Morgan fingerprint density at radius 3 is 2.50 bits per heavy atom. The normalized spacial score (nSPS) is 11.3. The van der Waals surface area contributed by atoms with Gasteiger partial charge in [-0.2, -0.15) is 0 Å². The van der Waals surface area contributed by atoms with Crippen molar-refractivity contribution in [2.75, 3.05) is 33.9 Å². The number of ether oxygens (including phenoxy) is 2. The molecule has 0 spiro atoms. The van der Waals surface area contributed by atoms with Crippen molar-refractivity contribution in [1.29, 1.82) is 0 Å². The van der Waals surface area contributed by atoms with Crippen LogP contribution in [0.2, 0.25) is 0 Å². The lowest BCUT2D eigenvalue weighted by atomic mass is 10.3. The van der Waals surface area contributed by atoms with Crippen molar-refractivity contribution in [3.8, 4) is 11.5 Å². The quantitative estimate of drug-likeness (QED) is 0.665. The summed E-state index contributed by atoms with van der Waals surface area (Å²) in [7, 11) is -0.628. The van der Waals surface area contributed by atoms with Crippen LogP contribution in [0.15, 0.2) is 23.1 Å². The van der Waals surface area contributed by atoms with Gasteiger partial charge in [-0.05, 0) is 31.6 Å². The van der Waals surface area contributed by atoms with Crippen LogP contribution in [0.25, 0.3) is 0 Å². The molecule has 1 aromatic rings. The fourth-order valence-corrected chi connectivity index (χ4v) is 2.89. The predicted molar refractivity (Wildman–Crippen MR) is 77.9 cm³/mol. The van der Waals surface area contributed by atoms with Crippen LogP contribution >= 0.6 is 0 Å². The Morgan fingerprint density at radius 1 is 1.15 bits per heavy atom. The van der Waals surface area contributed by atoms with E-state index >= 15 is 0 Å². The van der Waals surface area contributed by atoms with Crippen molar-refractivity contribution in [1.82, 2.24) is 10.0 Å². The molecule has 0 unspecified atom stereocenters. The molecular formula is C13H22N2O4S. The lowest BCUT2D eigenvalue weighted by Gasteiger charge is -2.12. The van der Waals surface area contributed by atoms with Crippen molar-refractivity contribution >= 4 is 10.0 Å². The maximum Gasteiger partial charge on any atom is 0.244 e. The molecular weight excluding hydrogens is 280 g/mol. The SMILES string of the molecule is CCNCCCNS(=O)(=O)c1ccc(OC)cc1OC. The highest BCUT2D eigenvalue weighted by molar-refractivity contribution is 7.89. The minimum atomic E-state index is -3.57. The highest BCUT2D eigenvalue weighted by Gasteiger charge is 2.19. The van der Waals surface area contributed by atoms with Crippen molar-refractivity contribution in [2.24, 2.45) is 0 Å². The van der Waals surface area contributed by atoms with Gasteiger partial charge in [0, 0.05) is 12.6 Å². The van der Waals surface area contributed by atoms with Crippen LogP contribution in [0.4, 0.5) is 0 Å². The van der Waals surface area contributed by atoms with Crippen molar-refractivity contribution < 1.29 is 17.9 Å². The van der Waals surface area contributed by atoms with Gasteiger partial charge in [0.1, 0.15) is 16.4 Å². The van der Waals surface area contributed by atoms with Crippen molar-refractivity contribution in [3.63, 3.8) is 0 Å². The van der Waals surface area contributed by atoms with E-state index in [0.717, 1.165) is 19.5 Å². The van der Waals surface area contributed by atoms with E-state index in [1.54, 1.807) is 12.1 Å². The van der Waals surface area contributed by atoms with Crippen LogP contribution < -0.4 is 19.5 Å². The molecule has 2 N–H and O–H groups in total. The number of benzene rings is 1. The third-order valence-electron chi connectivity index (χ3n) is 2.73. The van der Waals surface area contributed by atoms with Gasteiger partial charge in [0.25, 0.3) is 0 Å². The first kappa shape index (κ1) is 16.7. The van der Waals surface area contributed by atoms with Crippen molar-refractivity contribution in [2.45, 2.75) is 18.2 Å². The third-order valence-corrected chi connectivity index (χ3v) is 4.23. The Hall–Kier alpha value is -1.31. The first-order valence-corrected chi connectivity index (χ1v) is 7.96. The van der Waals surface area contributed by atoms with E-state index in [1.807, 2.05) is 6.92 Å². The number of hydrogen-bond donors (Lipinski definition) is 2. The van der Waals surface area contributed by atoms with Crippen LogP contribution in [0.5, 0.6) is 11.5 Å². The van der Waals surface area contributed by atoms with Crippen LogP contribution in [-0.4, -0.2) is 42.3 Å². The average molecular weight is 302 g/mol. The molecule has 0 heterocycles. The molecule has 1 aromatic carbocycles. The molecule has 0 aliphatic rings. The Balaban J connectivity index is 2.76. The summed E-state index contributed by atoms with van der Waals surface area (Å²) in [6, 6.07) is 4.62. The molecule has 7 heteroatoms. The second-order valence-corrected chi connectivity index (χ2v) is 5.86. The van der Waals surface area contributed by atoms with E-state index in [0.29, 0.717) is 12.3 Å². The summed E-state index contributed by atoms with van der Waals surface area (Å²) in [6.07, 6.45) is 0.728. The highest BCUT2D eigenvalue weighted by atomic mass is 32.2. The maximum atomic E-state index is 12.2. The van der Waals surface area contributed by atoms with Crippen LogP contribution in [0.1, 0.15) is 13.3 Å². The minimum Gasteiger partial charge on any atom is -0.497 e. The molecule has 0 bridgehead atoms. The molecule has 0 atom stereocenters. The number of methoxy groups -OCH3 is 2. The Kier molecular flexibility index (Phi) is 6.77. The zero-order chi connectivity index (χ0) is 15.0. The first-order chi connectivity index (χ1) is 9.55. The predicted octanol–water partition coefficient (Wildman–Crippen LogP) is 0.982. The van der Waals surface area contributed by atoms with E-state index < -0.39 is 10.0 Å². The van der Waals surface area contributed by atoms with Gasteiger partial charge in [0.05, 0.1) is 14.2 Å². The van der Waals surface area contributed by atoms with E-state index in [9.17, 15) is 8.42 Å². The summed E-state index contributed by atoms with van der Waals surface area (Å²) < 4.78 is 37.1. The first-order valence-electron chi connectivity index (χ1n) is 6.47. The fourth-order valence-electron chi connectivity index (χ4n) is 1.67. The van der Waals surface area contributed by atoms with Gasteiger partial charge in [-0.3, -0.25) is 0 Å². The Morgan fingerprint density at radius 2 is 1.90 bits per heavy atom. The summed E-state index contributed by atoms with van der Waals surface area (Å²) >= 11 is 0. The molecule has 0 aliphatic carbocycles. The van der Waals surface area contributed by atoms with Gasteiger partial charge in [0.15, 0.2) is 0 Å². The summed E-state index contributed by atoms with van der Waals surface area (Å²) in [5.74, 6) is 0.816. The van der Waals surface area contributed by atoms with Crippen LogP contribution in [-0.2, 0) is 10.0 Å². The van der Waals surface area contributed by atoms with Gasteiger partial charge in [-0.15, -0.1) is 0 Å². The standard InChI is InChI=1S/C13H22N2O4S/c1-4-14-8-5-9-15-20(16,17)13-7-6-11(18-2)10-12(13)19-3/h6-7,10,14-15H,4-5,8-9H2,1-3H3. The van der Waals surface area contributed by atoms with Gasteiger partial charge in [-0.25, -0.2) is 13.1 Å². The highest BCUT2D eigenvalue weighted by Crippen LogP contribution is 2.28. The Bertz CT molecular complexity index is 517. The Labute approximate surface area is 120 Å². The molecule has 0 aromatic heterocycles. The lowest BCUT2D eigenvalue weighted by molar-refractivity contribution is 0.386. The van der Waals surface area contributed by atoms with Gasteiger partial charge in [-0.1, -0.05) is 6.92 Å². The molecule has 0 amide bonds. The zero-order valence-corrected chi connectivity index (χ0v) is 12.9. The maximum absolute atomic E-state index is 12.2. The monoisotopic (exact) mass is 302 g/mol. The minimum absolute atomic E-state index is 0.115. The average Bonchev–Trinajstić information content (AvgIpc) is 2.46. The topological polar surface area (TPSA) is 76.7 Å². The third kappa shape index (κ3) is 4.66. The number of nitrogens with one attached hydrogen (secondary N) is 2. The number of sulfonamides is 1. The van der Waals surface area contributed by atoms with Gasteiger partial charge in [0.2, 0.25) is 10.0 Å². The van der Waals surface area contributed by atoms with E-state index in [4.69, 9.17) is 9.47 Å².